The van der Waals surface area contributed by atoms with Crippen LogP contribution in [0.2, 0.25) is 0 Å². The Morgan fingerprint density at radius 2 is 0.578 bits per heavy atom. The van der Waals surface area contributed by atoms with Crippen molar-refractivity contribution in [2.45, 2.75) is 303 Å². The van der Waals surface area contributed by atoms with Crippen LogP contribution in [-0.4, -0.2) is 40.4 Å². The van der Waals surface area contributed by atoms with Crippen LogP contribution >= 0.6 is 0 Å². The Morgan fingerprint density at radius 3 is 0.844 bits per heavy atom. The quantitative estimate of drug-likeness (QED) is 0.0268. The number of rotatable bonds is 49. The van der Waals surface area contributed by atoms with Gasteiger partial charge in [0.25, 0.3) is 0 Å². The summed E-state index contributed by atoms with van der Waals surface area (Å²) in [4.78, 5) is 38.4. The second-order valence-electron chi connectivity index (χ2n) is 18.4. The van der Waals surface area contributed by atoms with Crippen LogP contribution in [0.4, 0.5) is 0 Å². The molecule has 0 radical (unpaired) electrons. The summed E-state index contributed by atoms with van der Waals surface area (Å²) in [7, 11) is 0. The Hall–Kier alpha value is -2.45. The first kappa shape index (κ1) is 61.5. The molecule has 8 heteroatoms. The largest absolute Gasteiger partial charge is 0.440 e. The van der Waals surface area contributed by atoms with E-state index < -0.39 is 30.2 Å². The summed E-state index contributed by atoms with van der Waals surface area (Å²) in [6, 6.07) is 0. The van der Waals surface area contributed by atoms with Crippen LogP contribution in [0.25, 0.3) is 0 Å². The third-order valence-corrected chi connectivity index (χ3v) is 12.0. The summed E-state index contributed by atoms with van der Waals surface area (Å²) in [6.07, 6.45) is 55.1. The minimum absolute atomic E-state index is 0.0248. The van der Waals surface area contributed by atoms with E-state index in [9.17, 15) is 24.6 Å². The molecule has 0 amide bonds. The van der Waals surface area contributed by atoms with Gasteiger partial charge in [-0.05, 0) is 96.3 Å². The second-order valence-corrected chi connectivity index (χ2v) is 18.4. The third kappa shape index (κ3) is 43.4. The van der Waals surface area contributed by atoms with E-state index >= 15 is 0 Å². The molecule has 0 aliphatic carbocycles. The van der Waals surface area contributed by atoms with Crippen molar-refractivity contribution in [3.05, 3.63) is 36.5 Å². The van der Waals surface area contributed by atoms with Crippen LogP contribution in [0.1, 0.15) is 290 Å². The zero-order chi connectivity index (χ0) is 46.9. The van der Waals surface area contributed by atoms with Crippen LogP contribution in [-0.2, 0) is 28.6 Å². The van der Waals surface area contributed by atoms with Crippen molar-refractivity contribution < 1.29 is 38.8 Å². The maximum Gasteiger partial charge on any atom is 0.440 e. The minimum Gasteiger partial charge on any atom is -0.424 e. The molecule has 1 atom stereocenters. The Balaban J connectivity index is 4.66. The molecule has 2 N–H and O–H groups in total. The number of esters is 3. The molecule has 0 spiro atoms. The normalized spacial score (nSPS) is 12.5. The zero-order valence-corrected chi connectivity index (χ0v) is 42.1. The van der Waals surface area contributed by atoms with Crippen LogP contribution in [0.3, 0.4) is 0 Å². The van der Waals surface area contributed by atoms with Gasteiger partial charge in [0.05, 0.1) is 0 Å². The Labute approximate surface area is 394 Å². The molecule has 0 rings (SSSR count). The Kier molecular flexibility index (Phi) is 46.6. The van der Waals surface area contributed by atoms with Gasteiger partial charge in [0, 0.05) is 19.3 Å². The van der Waals surface area contributed by atoms with Gasteiger partial charge in [-0.25, -0.2) is 0 Å². The maximum absolute atomic E-state index is 12.9. The summed E-state index contributed by atoms with van der Waals surface area (Å²) in [5.41, 5.74) is 0. The molecule has 64 heavy (non-hydrogen) atoms. The summed E-state index contributed by atoms with van der Waals surface area (Å²) < 4.78 is 15.4. The molecule has 0 saturated carbocycles. The standard InChI is InChI=1S/C56H102O8/c1-4-7-10-13-16-19-22-25-28-31-34-37-40-43-46-49-52(57)62-55(60)56(61,63-53(58)50-47-44-41-38-35-32-29-26-23-20-17-14-11-8-5-2)64-54(59)51-48-45-42-39-36-33-30-27-24-21-18-15-12-9-6-3/h25-30,55,60-61H,4-24,31-51H2,1-3H3/b28-25-,29-26-,30-27-. The molecule has 0 heterocycles. The lowest BCUT2D eigenvalue weighted by molar-refractivity contribution is -0.398. The van der Waals surface area contributed by atoms with E-state index in [1.54, 1.807) is 0 Å². The van der Waals surface area contributed by atoms with E-state index in [1.807, 2.05) is 0 Å². The first-order valence-corrected chi connectivity index (χ1v) is 27.3. The molecule has 374 valence electrons. The number of hydrogen-bond acceptors (Lipinski definition) is 8. The number of ether oxygens (including phenoxy) is 3. The monoisotopic (exact) mass is 903 g/mol. The number of carbonyl (C=O) groups excluding carboxylic acids is 3. The lowest BCUT2D eigenvalue weighted by Gasteiger charge is -2.30. The van der Waals surface area contributed by atoms with Crippen LogP contribution in [0, 0.1) is 0 Å². The fraction of sp³-hybridized carbons (Fsp3) is 0.839. The number of hydrogen-bond donors (Lipinski definition) is 2. The third-order valence-electron chi connectivity index (χ3n) is 12.0. The highest BCUT2D eigenvalue weighted by molar-refractivity contribution is 5.72. The van der Waals surface area contributed by atoms with Gasteiger partial charge in [-0.1, -0.05) is 211 Å². The van der Waals surface area contributed by atoms with Gasteiger partial charge < -0.3 is 24.4 Å². The molecule has 0 aromatic rings. The fourth-order valence-electron chi connectivity index (χ4n) is 7.83. The predicted octanol–water partition coefficient (Wildman–Crippen LogP) is 16.7. The van der Waals surface area contributed by atoms with Gasteiger partial charge in [0.15, 0.2) is 0 Å². The summed E-state index contributed by atoms with van der Waals surface area (Å²) in [5.74, 6) is -5.54. The smallest absolute Gasteiger partial charge is 0.424 e. The van der Waals surface area contributed by atoms with E-state index in [2.05, 4.69) is 57.2 Å². The van der Waals surface area contributed by atoms with Crippen molar-refractivity contribution in [2.75, 3.05) is 0 Å². The molecular weight excluding hydrogens is 801 g/mol. The topological polar surface area (TPSA) is 119 Å². The molecule has 0 aliphatic rings. The average molecular weight is 903 g/mol. The van der Waals surface area contributed by atoms with Crippen LogP contribution < -0.4 is 0 Å². The maximum atomic E-state index is 12.9. The van der Waals surface area contributed by atoms with Crippen molar-refractivity contribution >= 4 is 17.9 Å². The van der Waals surface area contributed by atoms with E-state index in [0.29, 0.717) is 19.3 Å². The highest BCUT2D eigenvalue weighted by Gasteiger charge is 2.47. The molecular formula is C56H102O8. The number of carbonyl (C=O) groups is 3. The average Bonchev–Trinajstić information content (AvgIpc) is 3.27. The van der Waals surface area contributed by atoms with Crippen molar-refractivity contribution in [1.29, 1.82) is 0 Å². The minimum atomic E-state index is -3.11. The lowest BCUT2D eigenvalue weighted by atomic mass is 10.1. The van der Waals surface area contributed by atoms with Crippen LogP contribution in [0.15, 0.2) is 36.5 Å². The molecule has 0 aliphatic heterocycles. The van der Waals surface area contributed by atoms with E-state index in [-0.39, 0.29) is 19.3 Å². The Bertz CT molecular complexity index is 1080. The summed E-state index contributed by atoms with van der Waals surface area (Å²) in [6.45, 7) is 6.73. The first-order chi connectivity index (χ1) is 31.3. The number of aliphatic hydroxyl groups is 2. The number of allylic oxidation sites excluding steroid dienone is 6. The van der Waals surface area contributed by atoms with E-state index in [0.717, 1.165) is 116 Å². The predicted molar refractivity (Wildman–Crippen MR) is 268 cm³/mol. The molecule has 1 unspecified atom stereocenters. The summed E-state index contributed by atoms with van der Waals surface area (Å²) >= 11 is 0. The second kappa shape index (κ2) is 48.5. The van der Waals surface area contributed by atoms with E-state index in [4.69, 9.17) is 14.2 Å². The van der Waals surface area contributed by atoms with Gasteiger partial charge in [0.1, 0.15) is 0 Å². The Morgan fingerprint density at radius 1 is 0.359 bits per heavy atom. The molecule has 0 fully saturated rings. The van der Waals surface area contributed by atoms with Crippen molar-refractivity contribution in [3.8, 4) is 0 Å². The van der Waals surface area contributed by atoms with Crippen molar-refractivity contribution in [3.63, 3.8) is 0 Å². The van der Waals surface area contributed by atoms with Gasteiger partial charge in [-0.3, -0.25) is 14.4 Å². The highest BCUT2D eigenvalue weighted by atomic mass is 16.9. The lowest BCUT2D eigenvalue weighted by Crippen LogP contribution is -2.52. The molecule has 8 nitrogen and oxygen atoms in total. The molecule has 0 saturated heterocycles. The molecule has 0 bridgehead atoms. The highest BCUT2D eigenvalue weighted by Crippen LogP contribution is 2.22. The summed E-state index contributed by atoms with van der Waals surface area (Å²) in [5, 5.41) is 22.0. The van der Waals surface area contributed by atoms with Gasteiger partial charge in [-0.15, -0.1) is 0 Å². The number of aliphatic hydroxyl groups excluding tert-OH is 1. The fourth-order valence-corrected chi connectivity index (χ4v) is 7.83. The zero-order valence-electron chi connectivity index (χ0n) is 42.1. The van der Waals surface area contributed by atoms with Crippen molar-refractivity contribution in [2.24, 2.45) is 0 Å². The number of unbranched alkanes of at least 4 members (excludes halogenated alkanes) is 33. The van der Waals surface area contributed by atoms with Crippen LogP contribution in [0.5, 0.6) is 0 Å². The first-order valence-electron chi connectivity index (χ1n) is 27.3. The SMILES string of the molecule is CCCCCCCC/C=C\CCCCCCCC(=O)OC(O)C(O)(OC(=O)CCCCCCC/C=C\CCCCCCCC)OC(=O)CCCCCCC/C=C\CCCCCCCC. The van der Waals surface area contributed by atoms with Crippen molar-refractivity contribution in [1.82, 2.24) is 0 Å². The van der Waals surface area contributed by atoms with Gasteiger partial charge in [-0.2, -0.15) is 0 Å². The molecule has 0 aromatic carbocycles. The van der Waals surface area contributed by atoms with E-state index in [1.165, 1.54) is 116 Å². The van der Waals surface area contributed by atoms with Gasteiger partial charge >= 0.3 is 30.2 Å². The van der Waals surface area contributed by atoms with Gasteiger partial charge in [0.2, 0.25) is 0 Å². The molecule has 0 aromatic heterocycles.